The van der Waals surface area contributed by atoms with Crippen LogP contribution in [-0.4, -0.2) is 19.3 Å². The van der Waals surface area contributed by atoms with Gasteiger partial charge in [-0.05, 0) is 42.0 Å². The fourth-order valence-electron chi connectivity index (χ4n) is 2.24. The fourth-order valence-corrected chi connectivity index (χ4v) is 3.53. The molecule has 3 aromatic rings. The number of pyridine rings is 1. The maximum Gasteiger partial charge on any atom is 0.270 e. The van der Waals surface area contributed by atoms with Gasteiger partial charge in [0, 0.05) is 12.7 Å². The normalized spacial score (nSPS) is 11.4. The number of carbonyl (C=O) groups excluding carboxylic acids is 1. The lowest BCUT2D eigenvalue weighted by atomic mass is 10.2. The van der Waals surface area contributed by atoms with Gasteiger partial charge in [0.15, 0.2) is 0 Å². The van der Waals surface area contributed by atoms with E-state index < -0.39 is 15.8 Å². The second-order valence-corrected chi connectivity index (χ2v) is 7.89. The number of carbonyl (C=O) groups is 1. The van der Waals surface area contributed by atoms with Crippen LogP contribution in [0.1, 0.15) is 21.8 Å². The van der Waals surface area contributed by atoms with Gasteiger partial charge < -0.3 is 9.73 Å². The van der Waals surface area contributed by atoms with Crippen molar-refractivity contribution < 1.29 is 22.0 Å². The molecule has 2 aromatic heterocycles. The molecular weight excluding hydrogens is 409 g/mol. The van der Waals surface area contributed by atoms with Crippen molar-refractivity contribution >= 4 is 27.5 Å². The fraction of sp³-hybridized carbons (Fsp3) is 0.111. The summed E-state index contributed by atoms with van der Waals surface area (Å²) in [5, 5.41) is 2.38. The van der Waals surface area contributed by atoms with Crippen LogP contribution in [0.2, 0.25) is 5.02 Å². The van der Waals surface area contributed by atoms with Crippen LogP contribution in [0.4, 0.5) is 4.39 Å². The summed E-state index contributed by atoms with van der Waals surface area (Å²) in [6, 6.07) is 9.64. The minimum atomic E-state index is -3.88. The molecule has 0 aliphatic heterocycles. The minimum Gasteiger partial charge on any atom is -0.467 e. The zero-order valence-electron chi connectivity index (χ0n) is 14.4. The van der Waals surface area contributed by atoms with Crippen molar-refractivity contribution in [1.82, 2.24) is 15.0 Å². The number of hydrogen-bond acceptors (Lipinski definition) is 5. The van der Waals surface area contributed by atoms with Crippen LogP contribution >= 0.6 is 11.6 Å². The van der Waals surface area contributed by atoms with Gasteiger partial charge in [0.25, 0.3) is 5.91 Å². The van der Waals surface area contributed by atoms with Gasteiger partial charge in [-0.1, -0.05) is 17.7 Å². The first-order valence-corrected chi connectivity index (χ1v) is 9.91. The maximum atomic E-state index is 13.2. The highest BCUT2D eigenvalue weighted by Gasteiger charge is 2.16. The van der Waals surface area contributed by atoms with E-state index in [0.29, 0.717) is 11.3 Å². The molecule has 0 bridgehead atoms. The summed E-state index contributed by atoms with van der Waals surface area (Å²) in [4.78, 5) is 15.9. The molecule has 0 fully saturated rings. The SMILES string of the molecule is O=C(NCc1ccco1)c1ccc(CNS(=O)(=O)c2ccc(F)c(Cl)c2)cn1. The number of rotatable bonds is 7. The number of hydrogen-bond donors (Lipinski definition) is 2. The first-order chi connectivity index (χ1) is 13.3. The van der Waals surface area contributed by atoms with Crippen LogP contribution < -0.4 is 10.0 Å². The van der Waals surface area contributed by atoms with E-state index in [9.17, 15) is 17.6 Å². The molecule has 7 nitrogen and oxygen atoms in total. The van der Waals surface area contributed by atoms with Gasteiger partial charge in [-0.2, -0.15) is 0 Å². The van der Waals surface area contributed by atoms with Crippen LogP contribution in [0.25, 0.3) is 0 Å². The van der Waals surface area contributed by atoms with Crippen molar-refractivity contribution in [1.29, 1.82) is 0 Å². The first kappa shape index (κ1) is 20.0. The molecule has 0 unspecified atom stereocenters. The Hall–Kier alpha value is -2.75. The number of furan rings is 1. The van der Waals surface area contributed by atoms with E-state index in [1.54, 1.807) is 18.2 Å². The van der Waals surface area contributed by atoms with Gasteiger partial charge in [0.05, 0.1) is 22.7 Å². The molecule has 28 heavy (non-hydrogen) atoms. The molecule has 0 saturated heterocycles. The third-order valence-electron chi connectivity index (χ3n) is 3.73. The number of halogens is 2. The number of nitrogens with one attached hydrogen (secondary N) is 2. The largest absolute Gasteiger partial charge is 0.467 e. The molecule has 2 N–H and O–H groups in total. The van der Waals surface area contributed by atoms with Crippen LogP contribution in [-0.2, 0) is 23.1 Å². The Labute approximate surface area is 165 Å². The van der Waals surface area contributed by atoms with Crippen molar-refractivity contribution in [3.63, 3.8) is 0 Å². The maximum absolute atomic E-state index is 13.2. The van der Waals surface area contributed by atoms with Crippen molar-refractivity contribution in [3.8, 4) is 0 Å². The number of sulfonamides is 1. The lowest BCUT2D eigenvalue weighted by Crippen LogP contribution is -2.25. The Morgan fingerprint density at radius 2 is 2.00 bits per heavy atom. The van der Waals surface area contributed by atoms with E-state index in [2.05, 4.69) is 15.0 Å². The summed E-state index contributed by atoms with van der Waals surface area (Å²) in [6.45, 7) is 0.175. The molecular formula is C18H15ClFN3O4S. The summed E-state index contributed by atoms with van der Waals surface area (Å²) in [5.41, 5.74) is 0.725. The third kappa shape index (κ3) is 4.94. The Balaban J connectivity index is 1.59. The Morgan fingerprint density at radius 3 is 2.64 bits per heavy atom. The van der Waals surface area contributed by atoms with Crippen molar-refractivity contribution in [2.45, 2.75) is 18.0 Å². The molecule has 146 valence electrons. The highest BCUT2D eigenvalue weighted by Crippen LogP contribution is 2.19. The summed E-state index contributed by atoms with van der Waals surface area (Å²) < 4.78 is 45.2. The molecule has 3 rings (SSSR count). The third-order valence-corrected chi connectivity index (χ3v) is 5.42. The minimum absolute atomic E-state index is 0.0569. The Kier molecular flexibility index (Phi) is 6.08. The predicted octanol–water partition coefficient (Wildman–Crippen LogP) is 2.88. The molecule has 0 aliphatic rings. The Bertz CT molecular complexity index is 1070. The molecule has 10 heteroatoms. The summed E-state index contributed by atoms with van der Waals surface area (Å²) in [6.07, 6.45) is 2.90. The monoisotopic (exact) mass is 423 g/mol. The summed E-state index contributed by atoms with van der Waals surface area (Å²) >= 11 is 5.62. The van der Waals surface area contributed by atoms with Gasteiger partial charge >= 0.3 is 0 Å². The van der Waals surface area contributed by atoms with E-state index in [0.717, 1.165) is 18.2 Å². The zero-order chi connectivity index (χ0) is 20.1. The average Bonchev–Trinajstić information content (AvgIpc) is 3.20. The number of amides is 1. The van der Waals surface area contributed by atoms with Crippen LogP contribution in [0.5, 0.6) is 0 Å². The number of aromatic nitrogens is 1. The quantitative estimate of drug-likeness (QED) is 0.608. The molecule has 2 heterocycles. The van der Waals surface area contributed by atoms with Gasteiger partial charge in [0.1, 0.15) is 17.3 Å². The standard InChI is InChI=1S/C18H15ClFN3O4S/c19-15-8-14(4-5-16(15)20)28(25,26)23-10-12-3-6-17(21-9-12)18(24)22-11-13-2-1-7-27-13/h1-9,23H,10-11H2,(H,22,24). The summed E-state index contributed by atoms with van der Waals surface area (Å²) in [7, 11) is -3.88. The topological polar surface area (TPSA) is 101 Å². The van der Waals surface area contributed by atoms with Gasteiger partial charge in [-0.15, -0.1) is 0 Å². The molecule has 1 aromatic carbocycles. The second kappa shape index (κ2) is 8.51. The van der Waals surface area contributed by atoms with Crippen LogP contribution in [0.15, 0.2) is 64.2 Å². The lowest BCUT2D eigenvalue weighted by Gasteiger charge is -2.08. The highest BCUT2D eigenvalue weighted by atomic mass is 35.5. The molecule has 0 radical (unpaired) electrons. The average molecular weight is 424 g/mol. The van der Waals surface area contributed by atoms with Crippen LogP contribution in [0.3, 0.4) is 0 Å². The van der Waals surface area contributed by atoms with Gasteiger partial charge in [-0.25, -0.2) is 17.5 Å². The lowest BCUT2D eigenvalue weighted by molar-refractivity contribution is 0.0943. The molecule has 0 atom stereocenters. The van der Waals surface area contributed by atoms with Crippen molar-refractivity contribution in [2.75, 3.05) is 0 Å². The molecule has 0 spiro atoms. The highest BCUT2D eigenvalue weighted by molar-refractivity contribution is 7.89. The van der Waals surface area contributed by atoms with E-state index in [4.69, 9.17) is 16.0 Å². The van der Waals surface area contributed by atoms with E-state index >= 15 is 0 Å². The second-order valence-electron chi connectivity index (χ2n) is 5.71. The molecule has 1 amide bonds. The number of nitrogens with zero attached hydrogens (tertiary/aromatic N) is 1. The van der Waals surface area contributed by atoms with E-state index in [1.807, 2.05) is 0 Å². The van der Waals surface area contributed by atoms with Crippen molar-refractivity contribution in [2.24, 2.45) is 0 Å². The number of benzene rings is 1. The van der Waals surface area contributed by atoms with Gasteiger partial charge in [-0.3, -0.25) is 9.78 Å². The first-order valence-electron chi connectivity index (χ1n) is 8.05. The smallest absolute Gasteiger partial charge is 0.270 e. The Morgan fingerprint density at radius 1 is 1.18 bits per heavy atom. The molecule has 0 saturated carbocycles. The summed E-state index contributed by atoms with van der Waals surface area (Å²) in [5.74, 6) is -0.476. The van der Waals surface area contributed by atoms with E-state index in [1.165, 1.54) is 18.5 Å². The molecule has 0 aliphatic carbocycles. The van der Waals surface area contributed by atoms with Crippen molar-refractivity contribution in [3.05, 3.63) is 82.8 Å². The predicted molar refractivity (Wildman–Crippen MR) is 99.6 cm³/mol. The zero-order valence-corrected chi connectivity index (χ0v) is 15.9. The van der Waals surface area contributed by atoms with Crippen LogP contribution in [0, 0.1) is 5.82 Å². The van der Waals surface area contributed by atoms with E-state index in [-0.39, 0.29) is 34.6 Å². The van der Waals surface area contributed by atoms with Gasteiger partial charge in [0.2, 0.25) is 10.0 Å².